The molecule has 4 atom stereocenters. The summed E-state index contributed by atoms with van der Waals surface area (Å²) in [6.45, 7) is 10.6. The Morgan fingerprint density at radius 2 is 2.00 bits per heavy atom. The van der Waals surface area contributed by atoms with E-state index < -0.39 is 6.10 Å². The standard InChI is InChI=1S/C21H28INO4/c1-12(2)18(15-7-6-14(22)11-17(15)23(25)26)27-19(24)16-10-13-8-9-21(16,5)20(13,3)4/h6-7,11-13,16,18H,8-10H2,1-5H3/t13?,16?,18-,21-/m0/s1. The summed E-state index contributed by atoms with van der Waals surface area (Å²) in [5.41, 5.74) is 0.567. The Bertz CT molecular complexity index is 775. The van der Waals surface area contributed by atoms with Crippen molar-refractivity contribution in [2.75, 3.05) is 0 Å². The van der Waals surface area contributed by atoms with Crippen LogP contribution in [0.5, 0.6) is 0 Å². The zero-order chi connectivity index (χ0) is 20.1. The Morgan fingerprint density at radius 1 is 1.33 bits per heavy atom. The maximum atomic E-state index is 13.2. The quantitative estimate of drug-likeness (QED) is 0.225. The van der Waals surface area contributed by atoms with E-state index in [-0.39, 0.29) is 39.2 Å². The van der Waals surface area contributed by atoms with Crippen LogP contribution in [0.1, 0.15) is 65.5 Å². The molecule has 2 saturated carbocycles. The number of nitro groups is 1. The van der Waals surface area contributed by atoms with Gasteiger partial charge in [-0.15, -0.1) is 0 Å². The first kappa shape index (κ1) is 20.6. The minimum absolute atomic E-state index is 0.0212. The predicted octanol–water partition coefficient (Wildman–Crippen LogP) is 5.90. The van der Waals surface area contributed by atoms with Crippen molar-refractivity contribution in [1.82, 2.24) is 0 Å². The maximum Gasteiger partial charge on any atom is 0.310 e. The number of halogens is 1. The minimum Gasteiger partial charge on any atom is -0.457 e. The largest absolute Gasteiger partial charge is 0.457 e. The van der Waals surface area contributed by atoms with Crippen molar-refractivity contribution in [3.63, 3.8) is 0 Å². The lowest BCUT2D eigenvalue weighted by Gasteiger charge is -2.38. The van der Waals surface area contributed by atoms with Crippen LogP contribution in [0.2, 0.25) is 0 Å². The molecule has 5 nitrogen and oxygen atoms in total. The summed E-state index contributed by atoms with van der Waals surface area (Å²) in [5.74, 6) is 0.173. The average Bonchev–Trinajstić information content (AvgIpc) is 2.92. The Hall–Kier alpha value is -1.18. The number of esters is 1. The summed E-state index contributed by atoms with van der Waals surface area (Å²) < 4.78 is 6.77. The molecule has 0 amide bonds. The molecule has 0 aliphatic heterocycles. The highest BCUT2D eigenvalue weighted by Gasteiger charge is 2.63. The molecule has 2 unspecified atom stereocenters. The van der Waals surface area contributed by atoms with Crippen molar-refractivity contribution in [1.29, 1.82) is 0 Å². The molecule has 6 heteroatoms. The Morgan fingerprint density at radius 3 is 2.48 bits per heavy atom. The van der Waals surface area contributed by atoms with E-state index in [1.54, 1.807) is 12.1 Å². The second-order valence-corrected chi connectivity index (χ2v) is 10.5. The van der Waals surface area contributed by atoms with Crippen molar-refractivity contribution >= 4 is 34.2 Å². The summed E-state index contributed by atoms with van der Waals surface area (Å²) in [6.07, 6.45) is 2.46. The first-order valence-electron chi connectivity index (χ1n) is 9.63. The molecular weight excluding hydrogens is 457 g/mol. The fourth-order valence-corrected chi connectivity index (χ4v) is 5.72. The molecule has 3 rings (SSSR count). The zero-order valence-electron chi connectivity index (χ0n) is 16.6. The smallest absolute Gasteiger partial charge is 0.310 e. The normalized spacial score (nSPS) is 29.7. The molecule has 2 bridgehead atoms. The first-order valence-corrected chi connectivity index (χ1v) is 10.7. The van der Waals surface area contributed by atoms with Gasteiger partial charge in [0.25, 0.3) is 5.69 Å². The zero-order valence-corrected chi connectivity index (χ0v) is 18.8. The van der Waals surface area contributed by atoms with Crippen LogP contribution in [0.4, 0.5) is 5.69 Å². The van der Waals surface area contributed by atoms with Gasteiger partial charge in [0.1, 0.15) is 6.10 Å². The fraction of sp³-hybridized carbons (Fsp3) is 0.667. The van der Waals surface area contributed by atoms with Gasteiger partial charge in [0.2, 0.25) is 0 Å². The Kier molecular flexibility index (Phi) is 5.34. The van der Waals surface area contributed by atoms with E-state index in [0.717, 1.165) is 16.4 Å². The average molecular weight is 485 g/mol. The molecule has 0 N–H and O–H groups in total. The highest BCUT2D eigenvalue weighted by Crippen LogP contribution is 2.68. The molecule has 1 aromatic carbocycles. The monoisotopic (exact) mass is 485 g/mol. The molecule has 1 aromatic rings. The van der Waals surface area contributed by atoms with E-state index >= 15 is 0 Å². The molecule has 2 fully saturated rings. The highest BCUT2D eigenvalue weighted by molar-refractivity contribution is 14.1. The van der Waals surface area contributed by atoms with Gasteiger partial charge in [-0.05, 0) is 76.7 Å². The number of rotatable bonds is 5. The van der Waals surface area contributed by atoms with Crippen LogP contribution < -0.4 is 0 Å². The van der Waals surface area contributed by atoms with Crippen LogP contribution in [-0.4, -0.2) is 10.9 Å². The molecular formula is C21H28INO4. The lowest BCUT2D eigenvalue weighted by Crippen LogP contribution is -2.37. The summed E-state index contributed by atoms with van der Waals surface area (Å²) in [5, 5.41) is 11.5. The van der Waals surface area contributed by atoms with Crippen LogP contribution in [0.25, 0.3) is 0 Å². The van der Waals surface area contributed by atoms with E-state index in [2.05, 4.69) is 43.4 Å². The Balaban J connectivity index is 1.89. The number of carbonyl (C=O) groups excluding carboxylic acids is 1. The summed E-state index contributed by atoms with van der Waals surface area (Å²) in [6, 6.07) is 5.10. The van der Waals surface area contributed by atoms with Gasteiger partial charge in [-0.2, -0.15) is 0 Å². The van der Waals surface area contributed by atoms with E-state index in [4.69, 9.17) is 4.74 Å². The number of nitro benzene ring substituents is 1. The Labute approximate surface area is 174 Å². The summed E-state index contributed by atoms with van der Waals surface area (Å²) in [4.78, 5) is 24.3. The second-order valence-electron chi connectivity index (χ2n) is 9.22. The third-order valence-electron chi connectivity index (χ3n) is 7.42. The molecule has 148 valence electrons. The molecule has 0 heterocycles. The molecule has 0 aromatic heterocycles. The number of fused-ring (bicyclic) bond motifs is 2. The third kappa shape index (κ3) is 3.28. The van der Waals surface area contributed by atoms with Gasteiger partial charge in [-0.1, -0.05) is 34.6 Å². The van der Waals surface area contributed by atoms with Crippen LogP contribution in [-0.2, 0) is 9.53 Å². The van der Waals surface area contributed by atoms with Crippen molar-refractivity contribution in [2.45, 2.75) is 60.0 Å². The van der Waals surface area contributed by atoms with Gasteiger partial charge in [0.15, 0.2) is 0 Å². The molecule has 0 spiro atoms. The van der Waals surface area contributed by atoms with Crippen LogP contribution >= 0.6 is 22.6 Å². The third-order valence-corrected chi connectivity index (χ3v) is 8.09. The maximum absolute atomic E-state index is 13.2. The topological polar surface area (TPSA) is 69.4 Å². The predicted molar refractivity (Wildman–Crippen MR) is 112 cm³/mol. The SMILES string of the molecule is CC(C)[C@H](OC(=O)C1CC2CC[C@]1(C)C2(C)C)c1ccc(I)cc1[N+](=O)[O-]. The van der Waals surface area contributed by atoms with E-state index in [1.807, 2.05) is 19.9 Å². The lowest BCUT2D eigenvalue weighted by molar-refractivity contribution is -0.386. The van der Waals surface area contributed by atoms with Gasteiger partial charge in [0.05, 0.1) is 16.4 Å². The van der Waals surface area contributed by atoms with Gasteiger partial charge < -0.3 is 4.74 Å². The second kappa shape index (κ2) is 7.01. The summed E-state index contributed by atoms with van der Waals surface area (Å²) in [7, 11) is 0. The minimum atomic E-state index is -0.610. The van der Waals surface area contributed by atoms with Gasteiger partial charge >= 0.3 is 5.97 Å². The van der Waals surface area contributed by atoms with Gasteiger partial charge in [0, 0.05) is 9.64 Å². The number of nitrogens with zero attached hydrogens (tertiary/aromatic N) is 1. The van der Waals surface area contributed by atoms with Gasteiger partial charge in [-0.3, -0.25) is 14.9 Å². The van der Waals surface area contributed by atoms with Crippen LogP contribution in [0.15, 0.2) is 18.2 Å². The fourth-order valence-electron chi connectivity index (χ4n) is 5.24. The first-order chi connectivity index (χ1) is 12.5. The number of benzene rings is 1. The molecule has 2 aliphatic rings. The van der Waals surface area contributed by atoms with Crippen LogP contribution in [0.3, 0.4) is 0 Å². The molecule has 27 heavy (non-hydrogen) atoms. The molecule has 2 aliphatic carbocycles. The van der Waals surface area contributed by atoms with E-state index in [0.29, 0.717) is 11.5 Å². The number of ether oxygens (including phenoxy) is 1. The highest BCUT2D eigenvalue weighted by atomic mass is 127. The number of hydrogen-bond acceptors (Lipinski definition) is 4. The van der Waals surface area contributed by atoms with Gasteiger partial charge in [-0.25, -0.2) is 0 Å². The van der Waals surface area contributed by atoms with Crippen molar-refractivity contribution in [3.05, 3.63) is 37.4 Å². The molecule has 0 saturated heterocycles. The molecule has 0 radical (unpaired) electrons. The van der Waals surface area contributed by atoms with E-state index in [1.165, 1.54) is 6.42 Å². The summed E-state index contributed by atoms with van der Waals surface area (Å²) >= 11 is 2.06. The van der Waals surface area contributed by atoms with Crippen molar-refractivity contribution in [2.24, 2.45) is 28.6 Å². The van der Waals surface area contributed by atoms with Crippen LogP contribution in [0, 0.1) is 42.3 Å². The van der Waals surface area contributed by atoms with Crippen molar-refractivity contribution in [3.8, 4) is 0 Å². The van der Waals surface area contributed by atoms with Crippen molar-refractivity contribution < 1.29 is 14.5 Å². The number of carbonyl (C=O) groups is 1. The number of hydrogen-bond donors (Lipinski definition) is 0. The van der Waals surface area contributed by atoms with E-state index in [9.17, 15) is 14.9 Å². The lowest BCUT2D eigenvalue weighted by atomic mass is 9.67.